The summed E-state index contributed by atoms with van der Waals surface area (Å²) in [5.41, 5.74) is 1.62. The zero-order chi connectivity index (χ0) is 19.2. The van der Waals surface area contributed by atoms with Crippen LogP contribution in [0.5, 0.6) is 5.75 Å². The third kappa shape index (κ3) is 3.45. The van der Waals surface area contributed by atoms with Crippen LogP contribution in [0.25, 0.3) is 11.0 Å². The fourth-order valence-corrected chi connectivity index (χ4v) is 4.12. The first-order valence-corrected chi connectivity index (χ1v) is 9.70. The van der Waals surface area contributed by atoms with Crippen LogP contribution in [0.3, 0.4) is 0 Å². The Labute approximate surface area is 160 Å². The van der Waals surface area contributed by atoms with Gasteiger partial charge in [-0.05, 0) is 61.7 Å². The van der Waals surface area contributed by atoms with Gasteiger partial charge in [0, 0.05) is 21.5 Å². The van der Waals surface area contributed by atoms with E-state index in [0.717, 1.165) is 0 Å². The quantitative estimate of drug-likeness (QED) is 0.456. The van der Waals surface area contributed by atoms with Gasteiger partial charge in [0.2, 0.25) is 0 Å². The Morgan fingerprint density at radius 3 is 2.15 bits per heavy atom. The van der Waals surface area contributed by atoms with Gasteiger partial charge in [-0.3, -0.25) is 0 Å². The molecule has 0 atom stereocenters. The molecule has 2 aromatic carbocycles. The zero-order valence-corrected chi connectivity index (χ0v) is 16.4. The number of hydrogen-bond acceptors (Lipinski definition) is 5. The maximum absolute atomic E-state index is 12.6. The summed E-state index contributed by atoms with van der Waals surface area (Å²) >= 11 is 12.1. The number of rotatable bonds is 3. The highest BCUT2D eigenvalue weighted by Crippen LogP contribution is 2.32. The number of halogens is 2. The van der Waals surface area contributed by atoms with Gasteiger partial charge in [0.15, 0.2) is 0 Å². The molecular weight excluding hydrogens is 399 g/mol. The summed E-state index contributed by atoms with van der Waals surface area (Å²) < 4.78 is 35.7. The van der Waals surface area contributed by atoms with E-state index in [1.54, 1.807) is 26.8 Å². The summed E-state index contributed by atoms with van der Waals surface area (Å²) in [4.78, 5) is 11.3. The van der Waals surface area contributed by atoms with Gasteiger partial charge in [-0.1, -0.05) is 23.2 Å². The second-order valence-corrected chi connectivity index (χ2v) is 8.27. The molecule has 0 aliphatic rings. The fraction of sp³-hybridized carbons (Fsp3) is 0.167. The van der Waals surface area contributed by atoms with Crippen molar-refractivity contribution < 1.29 is 17.0 Å². The summed E-state index contributed by atoms with van der Waals surface area (Å²) in [5, 5.41) is 1.04. The minimum atomic E-state index is -4.15. The first-order valence-electron chi connectivity index (χ1n) is 7.54. The van der Waals surface area contributed by atoms with E-state index in [1.807, 2.05) is 0 Å². The fourth-order valence-electron chi connectivity index (χ4n) is 2.47. The van der Waals surface area contributed by atoms with E-state index in [1.165, 1.54) is 24.3 Å². The van der Waals surface area contributed by atoms with Crippen LogP contribution in [0, 0.1) is 20.8 Å². The molecule has 0 saturated heterocycles. The molecule has 5 nitrogen and oxygen atoms in total. The van der Waals surface area contributed by atoms with Gasteiger partial charge in [-0.25, -0.2) is 4.79 Å². The van der Waals surface area contributed by atoms with Crippen LogP contribution in [-0.4, -0.2) is 8.42 Å². The summed E-state index contributed by atoms with van der Waals surface area (Å²) in [7, 11) is -4.15. The Morgan fingerprint density at radius 2 is 1.54 bits per heavy atom. The third-order valence-electron chi connectivity index (χ3n) is 3.99. The first kappa shape index (κ1) is 18.8. The highest BCUT2D eigenvalue weighted by atomic mass is 35.5. The molecule has 26 heavy (non-hydrogen) atoms. The van der Waals surface area contributed by atoms with Crippen LogP contribution in [0.15, 0.2) is 44.4 Å². The van der Waals surface area contributed by atoms with E-state index in [0.29, 0.717) is 27.7 Å². The number of aryl methyl sites for hydroxylation is 2. The topological polar surface area (TPSA) is 73.6 Å². The van der Waals surface area contributed by atoms with Gasteiger partial charge in [-0.2, -0.15) is 8.42 Å². The molecule has 8 heteroatoms. The minimum absolute atomic E-state index is 0.127. The highest BCUT2D eigenvalue weighted by Gasteiger charge is 2.21. The van der Waals surface area contributed by atoms with Crippen molar-refractivity contribution in [2.45, 2.75) is 25.7 Å². The first-order chi connectivity index (χ1) is 12.1. The Bertz CT molecular complexity index is 1170. The van der Waals surface area contributed by atoms with Crippen molar-refractivity contribution >= 4 is 44.3 Å². The van der Waals surface area contributed by atoms with Crippen molar-refractivity contribution in [3.8, 4) is 5.75 Å². The van der Waals surface area contributed by atoms with Crippen LogP contribution in [0.1, 0.15) is 16.7 Å². The Morgan fingerprint density at radius 1 is 0.923 bits per heavy atom. The smallest absolute Gasteiger partial charge is 0.339 e. The van der Waals surface area contributed by atoms with Crippen LogP contribution in [0.2, 0.25) is 10.0 Å². The molecule has 3 aromatic rings. The number of benzene rings is 2. The second-order valence-electron chi connectivity index (χ2n) is 5.91. The average molecular weight is 413 g/mol. The lowest BCUT2D eigenvalue weighted by Crippen LogP contribution is -2.11. The Balaban J connectivity index is 2.10. The van der Waals surface area contributed by atoms with Gasteiger partial charge in [-0.15, -0.1) is 0 Å². The molecule has 0 unspecified atom stereocenters. The maximum Gasteiger partial charge on any atom is 0.339 e. The van der Waals surface area contributed by atoms with Crippen molar-refractivity contribution in [1.29, 1.82) is 0 Å². The molecule has 0 N–H and O–H groups in total. The normalized spacial score (nSPS) is 11.7. The van der Waals surface area contributed by atoms with Gasteiger partial charge in [0.25, 0.3) is 0 Å². The zero-order valence-electron chi connectivity index (χ0n) is 14.1. The van der Waals surface area contributed by atoms with Crippen molar-refractivity contribution in [2.75, 3.05) is 0 Å². The van der Waals surface area contributed by atoms with E-state index in [4.69, 9.17) is 31.8 Å². The van der Waals surface area contributed by atoms with E-state index >= 15 is 0 Å². The lowest BCUT2D eigenvalue weighted by Gasteiger charge is -2.12. The lowest BCUT2D eigenvalue weighted by atomic mass is 10.1. The maximum atomic E-state index is 12.6. The SMILES string of the molecule is Cc1cc2oc(=O)cc(C)c2cc1OS(=O)(=O)c1cc(Cl)c(C)c(Cl)c1. The summed E-state index contributed by atoms with van der Waals surface area (Å²) in [6.45, 7) is 5.07. The second kappa shape index (κ2) is 6.61. The van der Waals surface area contributed by atoms with Crippen LogP contribution >= 0.6 is 23.2 Å². The van der Waals surface area contributed by atoms with Crippen molar-refractivity contribution in [2.24, 2.45) is 0 Å². The molecule has 0 aliphatic carbocycles. The minimum Gasteiger partial charge on any atom is -0.423 e. The van der Waals surface area contributed by atoms with Gasteiger partial charge < -0.3 is 8.60 Å². The molecular formula is C18H14Cl2O5S. The third-order valence-corrected chi connectivity index (χ3v) is 5.99. The van der Waals surface area contributed by atoms with Crippen molar-refractivity contribution in [3.63, 3.8) is 0 Å². The average Bonchev–Trinajstić information content (AvgIpc) is 2.53. The number of hydrogen-bond donors (Lipinski definition) is 0. The molecule has 0 radical (unpaired) electrons. The van der Waals surface area contributed by atoms with Crippen molar-refractivity contribution in [1.82, 2.24) is 0 Å². The summed E-state index contributed by atoms with van der Waals surface area (Å²) in [6.07, 6.45) is 0. The van der Waals surface area contributed by atoms with E-state index in [-0.39, 0.29) is 20.7 Å². The molecule has 0 amide bonds. The Hall–Kier alpha value is -2.02. The molecule has 0 bridgehead atoms. The lowest BCUT2D eigenvalue weighted by molar-refractivity contribution is 0.484. The number of fused-ring (bicyclic) bond motifs is 1. The van der Waals surface area contributed by atoms with E-state index in [2.05, 4.69) is 0 Å². The molecule has 0 fully saturated rings. The Kier molecular flexibility index (Phi) is 4.77. The monoisotopic (exact) mass is 412 g/mol. The van der Waals surface area contributed by atoms with Crippen LogP contribution in [0.4, 0.5) is 0 Å². The molecule has 3 rings (SSSR count). The van der Waals surface area contributed by atoms with Gasteiger partial charge in [0.1, 0.15) is 16.2 Å². The van der Waals surface area contributed by atoms with Gasteiger partial charge >= 0.3 is 15.7 Å². The van der Waals surface area contributed by atoms with Crippen LogP contribution < -0.4 is 9.81 Å². The van der Waals surface area contributed by atoms with Gasteiger partial charge in [0.05, 0.1) is 0 Å². The molecule has 136 valence electrons. The molecule has 0 spiro atoms. The summed E-state index contributed by atoms with van der Waals surface area (Å²) in [6, 6.07) is 6.99. The van der Waals surface area contributed by atoms with Crippen molar-refractivity contribution in [3.05, 3.63) is 67.5 Å². The van der Waals surface area contributed by atoms with E-state index in [9.17, 15) is 13.2 Å². The predicted octanol–water partition coefficient (Wildman–Crippen LogP) is 4.79. The van der Waals surface area contributed by atoms with E-state index < -0.39 is 15.7 Å². The predicted molar refractivity (Wildman–Crippen MR) is 101 cm³/mol. The summed E-state index contributed by atoms with van der Waals surface area (Å²) in [5.74, 6) is 0.127. The largest absolute Gasteiger partial charge is 0.423 e. The highest BCUT2D eigenvalue weighted by molar-refractivity contribution is 7.87. The molecule has 1 aromatic heterocycles. The molecule has 0 saturated carbocycles. The molecule has 1 heterocycles. The molecule has 0 aliphatic heterocycles. The van der Waals surface area contributed by atoms with Crippen LogP contribution in [-0.2, 0) is 10.1 Å². The standard InChI is InChI=1S/C18H14Cl2O5S/c1-9-5-18(21)24-17-4-10(2)16(8-13(9)17)25-26(22,23)12-6-14(19)11(3)15(20)7-12/h4-8H,1-3H3.